The van der Waals surface area contributed by atoms with Crippen LogP contribution >= 0.6 is 35.7 Å². The number of hydrogen-bond acceptors (Lipinski definition) is 6. The first-order valence-corrected chi connectivity index (χ1v) is 11.1. The number of carbonyl (C=O) groups is 1. The number of aliphatic hydroxyl groups excluding tert-OH is 1. The summed E-state index contributed by atoms with van der Waals surface area (Å²) in [6.07, 6.45) is 5.82. The van der Waals surface area contributed by atoms with Crippen LogP contribution in [-0.4, -0.2) is 39.9 Å². The predicted molar refractivity (Wildman–Crippen MR) is 119 cm³/mol. The molecule has 0 atom stereocenters. The summed E-state index contributed by atoms with van der Waals surface area (Å²) in [4.78, 5) is 18.3. The Labute approximate surface area is 174 Å². The molecule has 1 saturated heterocycles. The lowest BCUT2D eigenvalue weighted by Crippen LogP contribution is -2.28. The molecule has 0 unspecified atom stereocenters. The van der Waals surface area contributed by atoms with Gasteiger partial charge in [0, 0.05) is 18.0 Å². The monoisotopic (exact) mass is 420 g/mol. The number of hydrogen-bond donors (Lipinski definition) is 1. The number of carbonyl (C=O) groups excluding carboxylic acids is 1. The van der Waals surface area contributed by atoms with E-state index in [1.54, 1.807) is 16.7 Å². The van der Waals surface area contributed by atoms with Crippen LogP contribution < -0.4 is 4.90 Å². The van der Waals surface area contributed by atoms with Gasteiger partial charge in [0.1, 0.15) is 4.32 Å². The van der Waals surface area contributed by atoms with Crippen LogP contribution in [0.25, 0.3) is 0 Å². The summed E-state index contributed by atoms with van der Waals surface area (Å²) in [5.74, 6) is -0.00351. The Bertz CT molecular complexity index is 833. The van der Waals surface area contributed by atoms with Crippen molar-refractivity contribution in [3.05, 3.63) is 45.3 Å². The van der Waals surface area contributed by atoms with Gasteiger partial charge >= 0.3 is 0 Å². The third-order valence-electron chi connectivity index (χ3n) is 4.66. The summed E-state index contributed by atoms with van der Waals surface area (Å²) in [7, 11) is 0. The van der Waals surface area contributed by atoms with E-state index in [1.165, 1.54) is 27.8 Å². The number of aliphatic hydroxyl groups is 1. The fraction of sp³-hybridized carbons (Fsp3) is 0.400. The maximum Gasteiger partial charge on any atom is 0.266 e. The second-order valence-corrected chi connectivity index (χ2v) is 9.33. The van der Waals surface area contributed by atoms with E-state index in [9.17, 15) is 9.90 Å². The Kier molecular flexibility index (Phi) is 6.68. The number of anilines is 1. The number of nitrogens with zero attached hydrogens (tertiary/aromatic N) is 2. The largest absolute Gasteiger partial charge is 0.395 e. The fourth-order valence-electron chi connectivity index (χ4n) is 2.98. The number of thiocarbonyl (C=S) groups is 1. The first-order chi connectivity index (χ1) is 13.0. The minimum Gasteiger partial charge on any atom is -0.395 e. The standard InChI is InChI=1S/C20H24N2O2S3/c1-4-5-8-22-19(24)16(27-20(22)25)6-7-18-21(9-10-23)15-11-13(2)14(3)12-17(15)26-18/h6-7,11-12,23H,4-5,8-10H2,1-3H3. The fourth-order valence-corrected chi connectivity index (χ4v) is 5.40. The molecule has 3 rings (SSSR count). The molecule has 0 radical (unpaired) electrons. The molecular formula is C20H24N2O2S3. The van der Waals surface area contributed by atoms with Gasteiger partial charge in [0.25, 0.3) is 5.91 Å². The molecule has 144 valence electrons. The lowest BCUT2D eigenvalue weighted by Gasteiger charge is -2.19. The first kappa shape index (κ1) is 20.5. The van der Waals surface area contributed by atoms with Crippen LogP contribution in [0.4, 0.5) is 5.69 Å². The topological polar surface area (TPSA) is 43.8 Å². The minimum absolute atomic E-state index is 0.00351. The Balaban J connectivity index is 1.85. The normalized spacial score (nSPS) is 19.7. The maximum atomic E-state index is 12.6. The van der Waals surface area contributed by atoms with Crippen LogP contribution in [0.3, 0.4) is 0 Å². The van der Waals surface area contributed by atoms with Gasteiger partial charge in [-0.3, -0.25) is 9.69 Å². The lowest BCUT2D eigenvalue weighted by atomic mass is 10.1. The van der Waals surface area contributed by atoms with Gasteiger partial charge in [0.2, 0.25) is 0 Å². The zero-order valence-electron chi connectivity index (χ0n) is 15.8. The molecule has 4 nitrogen and oxygen atoms in total. The molecule has 7 heteroatoms. The maximum absolute atomic E-state index is 12.6. The summed E-state index contributed by atoms with van der Waals surface area (Å²) >= 11 is 8.40. The zero-order valence-corrected chi connectivity index (χ0v) is 18.3. The first-order valence-electron chi connectivity index (χ1n) is 9.09. The Morgan fingerprint density at radius 1 is 1.11 bits per heavy atom. The van der Waals surface area contributed by atoms with Crippen molar-refractivity contribution in [2.45, 2.75) is 38.5 Å². The molecule has 2 aliphatic rings. The van der Waals surface area contributed by atoms with Crippen LogP contribution in [0, 0.1) is 13.8 Å². The molecule has 1 fully saturated rings. The molecule has 2 heterocycles. The second-order valence-electron chi connectivity index (χ2n) is 6.60. The summed E-state index contributed by atoms with van der Waals surface area (Å²) in [5, 5.41) is 10.5. The molecule has 0 aliphatic carbocycles. The Morgan fingerprint density at radius 2 is 1.85 bits per heavy atom. The number of aryl methyl sites for hydroxylation is 2. The SMILES string of the molecule is CCCCN1C(=O)C(=CC=C2Sc3cc(C)c(C)cc3N2CCO)SC1=S. The molecular weight excluding hydrogens is 396 g/mol. The number of benzene rings is 1. The van der Waals surface area contributed by atoms with Crippen molar-refractivity contribution in [1.82, 2.24) is 4.90 Å². The quantitative estimate of drug-likeness (QED) is 0.536. The zero-order chi connectivity index (χ0) is 19.6. The molecule has 1 amide bonds. The number of unbranched alkanes of at least 4 members (excludes halogenated alkanes) is 1. The number of amides is 1. The van der Waals surface area contributed by atoms with Crippen LogP contribution in [0.1, 0.15) is 30.9 Å². The molecule has 1 N–H and O–H groups in total. The molecule has 27 heavy (non-hydrogen) atoms. The average Bonchev–Trinajstić information content (AvgIpc) is 3.09. The predicted octanol–water partition coefficient (Wildman–Crippen LogP) is 4.59. The van der Waals surface area contributed by atoms with E-state index in [4.69, 9.17) is 12.2 Å². The molecule has 0 spiro atoms. The van der Waals surface area contributed by atoms with Gasteiger partial charge in [-0.25, -0.2) is 0 Å². The molecule has 1 aromatic carbocycles. The smallest absolute Gasteiger partial charge is 0.266 e. The van der Waals surface area contributed by atoms with Gasteiger partial charge in [-0.05, 0) is 55.7 Å². The molecule has 2 aliphatic heterocycles. The van der Waals surface area contributed by atoms with Crippen LogP contribution in [0.2, 0.25) is 0 Å². The van der Waals surface area contributed by atoms with E-state index in [2.05, 4.69) is 37.8 Å². The Morgan fingerprint density at radius 3 is 2.56 bits per heavy atom. The molecule has 0 aromatic heterocycles. The number of rotatable bonds is 6. The van der Waals surface area contributed by atoms with Gasteiger partial charge in [-0.15, -0.1) is 0 Å². The van der Waals surface area contributed by atoms with Gasteiger partial charge in [0.05, 0.1) is 22.2 Å². The second kappa shape index (κ2) is 8.82. The van der Waals surface area contributed by atoms with Crippen LogP contribution in [0.15, 0.2) is 39.1 Å². The number of thioether (sulfide) groups is 2. The summed E-state index contributed by atoms with van der Waals surface area (Å²) < 4.78 is 0.638. The van der Waals surface area contributed by atoms with Gasteiger partial charge in [0.15, 0.2) is 0 Å². The third kappa shape index (κ3) is 4.26. The summed E-state index contributed by atoms with van der Waals surface area (Å²) in [5.41, 5.74) is 3.60. The van der Waals surface area contributed by atoms with E-state index in [0.717, 1.165) is 23.6 Å². The highest BCUT2D eigenvalue weighted by molar-refractivity contribution is 8.26. The average molecular weight is 421 g/mol. The summed E-state index contributed by atoms with van der Waals surface area (Å²) in [6.45, 7) is 7.59. The highest BCUT2D eigenvalue weighted by Crippen LogP contribution is 2.47. The van der Waals surface area contributed by atoms with Crippen molar-refractivity contribution in [2.75, 3.05) is 24.6 Å². The van der Waals surface area contributed by atoms with Gasteiger partial charge in [-0.2, -0.15) is 0 Å². The van der Waals surface area contributed by atoms with E-state index < -0.39 is 0 Å². The highest BCUT2D eigenvalue weighted by atomic mass is 32.2. The van der Waals surface area contributed by atoms with Crippen molar-refractivity contribution in [3.8, 4) is 0 Å². The van der Waals surface area contributed by atoms with E-state index in [0.29, 0.717) is 22.3 Å². The number of β-amino-alcohol motifs (C(OH)–C–C–N with tert-alkyl or cyclic N) is 1. The van der Waals surface area contributed by atoms with E-state index in [1.807, 2.05) is 12.2 Å². The van der Waals surface area contributed by atoms with Crippen molar-refractivity contribution in [3.63, 3.8) is 0 Å². The molecule has 0 bridgehead atoms. The highest BCUT2D eigenvalue weighted by Gasteiger charge is 2.31. The van der Waals surface area contributed by atoms with Crippen molar-refractivity contribution in [2.24, 2.45) is 0 Å². The number of allylic oxidation sites excluding steroid dienone is 2. The number of fused-ring (bicyclic) bond motifs is 1. The third-order valence-corrected chi connectivity index (χ3v) is 7.16. The minimum atomic E-state index is -0.00351. The van der Waals surface area contributed by atoms with Crippen LogP contribution in [-0.2, 0) is 4.79 Å². The van der Waals surface area contributed by atoms with E-state index in [-0.39, 0.29) is 12.5 Å². The van der Waals surface area contributed by atoms with Crippen LogP contribution in [0.5, 0.6) is 0 Å². The van der Waals surface area contributed by atoms with Crippen molar-refractivity contribution < 1.29 is 9.90 Å². The Hall–Kier alpha value is -1.28. The van der Waals surface area contributed by atoms with Crippen molar-refractivity contribution in [1.29, 1.82) is 0 Å². The van der Waals surface area contributed by atoms with E-state index >= 15 is 0 Å². The molecule has 1 aromatic rings. The summed E-state index contributed by atoms with van der Waals surface area (Å²) in [6, 6.07) is 4.35. The van der Waals surface area contributed by atoms with Gasteiger partial charge in [-0.1, -0.05) is 49.1 Å². The van der Waals surface area contributed by atoms with Gasteiger partial charge < -0.3 is 10.0 Å². The molecule has 0 saturated carbocycles. The van der Waals surface area contributed by atoms with Crippen molar-refractivity contribution >= 4 is 51.7 Å². The lowest BCUT2D eigenvalue weighted by molar-refractivity contribution is -0.122.